The average molecular weight is 674 g/mol. The van der Waals surface area contributed by atoms with Gasteiger partial charge in [-0.25, -0.2) is 9.59 Å². The summed E-state index contributed by atoms with van der Waals surface area (Å²) in [4.78, 5) is 23.2. The van der Waals surface area contributed by atoms with Gasteiger partial charge >= 0.3 is 17.9 Å². The maximum atomic E-state index is 14.0. The predicted octanol–water partition coefficient (Wildman–Crippen LogP) is 4.71. The second-order valence-corrected chi connectivity index (χ2v) is 7.96. The number of benzene rings is 1. The van der Waals surface area contributed by atoms with Crippen LogP contribution < -0.4 is 0 Å². The number of furan rings is 1. The van der Waals surface area contributed by atoms with E-state index in [4.69, 9.17) is 14.3 Å². The molecule has 5 nitrogen and oxygen atoms in total. The van der Waals surface area contributed by atoms with Gasteiger partial charge in [-0.2, -0.15) is 8.78 Å². The molecule has 0 aliphatic heterocycles. The minimum atomic E-state index is -4.34. The first-order chi connectivity index (χ1) is 11.1. The van der Waals surface area contributed by atoms with Crippen molar-refractivity contribution in [3.8, 4) is 0 Å². The van der Waals surface area contributed by atoms with Gasteiger partial charge in [0.05, 0.1) is 11.8 Å². The summed E-state index contributed by atoms with van der Waals surface area (Å²) >= 11 is 5.87. The monoisotopic (exact) mass is 674 g/mol. The minimum Gasteiger partial charge on any atom is -0.477 e. The highest BCUT2D eigenvalue weighted by Crippen LogP contribution is 2.36. The number of carbonyl (C=O) groups excluding carboxylic acids is 1. The van der Waals surface area contributed by atoms with E-state index in [-0.39, 0.29) is 5.56 Å². The highest BCUT2D eigenvalue weighted by Gasteiger charge is 2.53. The first-order valence-electron chi connectivity index (χ1n) is 6.14. The van der Waals surface area contributed by atoms with Gasteiger partial charge in [-0.3, -0.25) is 0 Å². The fourth-order valence-corrected chi connectivity index (χ4v) is 4.11. The summed E-state index contributed by atoms with van der Waals surface area (Å²) < 4.78 is 39.6. The van der Waals surface area contributed by atoms with Crippen LogP contribution in [0.25, 0.3) is 0 Å². The van der Waals surface area contributed by atoms with Gasteiger partial charge in [0.15, 0.2) is 5.76 Å². The first kappa shape index (κ1) is 19.8. The molecule has 1 aromatic carbocycles. The lowest BCUT2D eigenvalue weighted by Crippen LogP contribution is -2.38. The van der Waals surface area contributed by atoms with Gasteiger partial charge in [0.25, 0.3) is 0 Å². The maximum absolute atomic E-state index is 14.0. The fraction of sp³-hybridized carbons (Fsp3) is 0.143. The standard InChI is InChI=1S/C14H7F2I3O5/c15-14(16,13(21)22)11(9-2-1-3-23-9)24-12(20)7-4-6(17)5-8(18)10(7)19/h1-5,11H,(H,21,22). The number of ether oxygens (including phenoxy) is 1. The largest absolute Gasteiger partial charge is 0.477 e. The molecule has 1 unspecified atom stereocenters. The van der Waals surface area contributed by atoms with E-state index in [0.717, 1.165) is 15.9 Å². The van der Waals surface area contributed by atoms with Crippen LogP contribution in [0.5, 0.6) is 0 Å². The maximum Gasteiger partial charge on any atom is 0.385 e. The van der Waals surface area contributed by atoms with Crippen LogP contribution in [0.15, 0.2) is 34.9 Å². The van der Waals surface area contributed by atoms with E-state index in [1.54, 1.807) is 6.07 Å². The number of aliphatic carboxylic acids is 1. The molecule has 1 N–H and O–H groups in total. The van der Waals surface area contributed by atoms with E-state index in [2.05, 4.69) is 0 Å². The Morgan fingerprint density at radius 1 is 1.25 bits per heavy atom. The molecule has 1 aromatic heterocycles. The van der Waals surface area contributed by atoms with Gasteiger partial charge < -0.3 is 14.3 Å². The number of hydrogen-bond acceptors (Lipinski definition) is 4. The third-order valence-corrected chi connectivity index (χ3v) is 6.52. The molecule has 0 aliphatic carbocycles. The zero-order valence-corrected chi connectivity index (χ0v) is 17.9. The molecule has 1 atom stereocenters. The Labute approximate surface area is 175 Å². The Kier molecular flexibility index (Phi) is 6.44. The fourth-order valence-electron chi connectivity index (χ4n) is 1.74. The molecule has 24 heavy (non-hydrogen) atoms. The molecule has 2 aromatic rings. The molecule has 128 valence electrons. The topological polar surface area (TPSA) is 76.7 Å². The van der Waals surface area contributed by atoms with Gasteiger partial charge in [-0.15, -0.1) is 0 Å². The Balaban J connectivity index is 2.41. The molecule has 0 amide bonds. The molecule has 10 heteroatoms. The van der Waals surface area contributed by atoms with Crippen LogP contribution in [0.1, 0.15) is 22.2 Å². The Bertz CT molecular complexity index is 777. The van der Waals surface area contributed by atoms with Gasteiger partial charge in [0, 0.05) is 10.7 Å². The lowest BCUT2D eigenvalue weighted by atomic mass is 10.1. The van der Waals surface area contributed by atoms with Crippen LogP contribution in [-0.2, 0) is 9.53 Å². The summed E-state index contributed by atoms with van der Waals surface area (Å²) in [6.45, 7) is 0. The molecule has 0 bridgehead atoms. The van der Waals surface area contributed by atoms with E-state index in [1.165, 1.54) is 12.1 Å². The quantitative estimate of drug-likeness (QED) is 0.283. The smallest absolute Gasteiger partial charge is 0.385 e. The van der Waals surface area contributed by atoms with E-state index in [0.29, 0.717) is 7.14 Å². The van der Waals surface area contributed by atoms with Crippen molar-refractivity contribution in [3.05, 3.63) is 52.6 Å². The number of halogens is 5. The lowest BCUT2D eigenvalue weighted by molar-refractivity contribution is -0.185. The number of esters is 1. The van der Waals surface area contributed by atoms with E-state index < -0.39 is 29.7 Å². The van der Waals surface area contributed by atoms with Gasteiger partial charge in [-0.05, 0) is 92.0 Å². The third-order valence-electron chi connectivity index (χ3n) is 2.85. The van der Waals surface area contributed by atoms with Gasteiger partial charge in [0.2, 0.25) is 6.10 Å². The second-order valence-electron chi connectivity index (χ2n) is 4.48. The van der Waals surface area contributed by atoms with Crippen molar-refractivity contribution in [2.45, 2.75) is 12.0 Å². The zero-order chi connectivity index (χ0) is 18.1. The normalized spacial score (nSPS) is 12.7. The van der Waals surface area contributed by atoms with Crippen LogP contribution in [0.2, 0.25) is 0 Å². The van der Waals surface area contributed by atoms with Crippen LogP contribution in [0.4, 0.5) is 8.78 Å². The summed E-state index contributed by atoms with van der Waals surface area (Å²) in [6, 6.07) is 5.70. The summed E-state index contributed by atoms with van der Waals surface area (Å²) in [7, 11) is 0. The van der Waals surface area contributed by atoms with Crippen LogP contribution in [0, 0.1) is 10.7 Å². The predicted molar refractivity (Wildman–Crippen MR) is 104 cm³/mol. The van der Waals surface area contributed by atoms with Crippen LogP contribution >= 0.6 is 67.8 Å². The van der Waals surface area contributed by atoms with Crippen molar-refractivity contribution in [2.75, 3.05) is 0 Å². The molecular formula is C14H7F2I3O5. The van der Waals surface area contributed by atoms with Crippen molar-refractivity contribution < 1.29 is 32.6 Å². The Morgan fingerprint density at radius 3 is 2.46 bits per heavy atom. The van der Waals surface area contributed by atoms with Gasteiger partial charge in [-0.1, -0.05) is 0 Å². The number of rotatable bonds is 5. The Hall–Kier alpha value is -0.510. The molecule has 0 saturated carbocycles. The highest BCUT2D eigenvalue weighted by atomic mass is 127. The molecule has 0 spiro atoms. The zero-order valence-electron chi connectivity index (χ0n) is 11.4. The van der Waals surface area contributed by atoms with Crippen molar-refractivity contribution in [1.29, 1.82) is 0 Å². The molecule has 1 heterocycles. The molecule has 2 rings (SSSR count). The first-order valence-corrected chi connectivity index (χ1v) is 9.38. The summed E-state index contributed by atoms with van der Waals surface area (Å²) in [6.07, 6.45) is -1.28. The lowest BCUT2D eigenvalue weighted by Gasteiger charge is -2.22. The van der Waals surface area contributed by atoms with E-state index in [1.807, 2.05) is 67.8 Å². The SMILES string of the molecule is O=C(OC(c1ccco1)C(F)(F)C(=O)O)c1cc(I)cc(I)c1I. The van der Waals surface area contributed by atoms with E-state index in [9.17, 15) is 18.4 Å². The number of alkyl halides is 2. The van der Waals surface area contributed by atoms with Crippen LogP contribution in [0.3, 0.4) is 0 Å². The van der Waals surface area contributed by atoms with Crippen molar-refractivity contribution in [2.24, 2.45) is 0 Å². The van der Waals surface area contributed by atoms with Crippen molar-refractivity contribution in [1.82, 2.24) is 0 Å². The van der Waals surface area contributed by atoms with Crippen molar-refractivity contribution >= 4 is 79.7 Å². The van der Waals surface area contributed by atoms with Crippen molar-refractivity contribution in [3.63, 3.8) is 0 Å². The molecule has 0 aliphatic rings. The van der Waals surface area contributed by atoms with Crippen LogP contribution in [-0.4, -0.2) is 23.0 Å². The second kappa shape index (κ2) is 7.80. The summed E-state index contributed by atoms with van der Waals surface area (Å²) in [5, 5.41) is 8.75. The number of carboxylic acid groups (broad SMARTS) is 1. The summed E-state index contributed by atoms with van der Waals surface area (Å²) in [5.41, 5.74) is 0.0737. The number of hydrogen-bond donors (Lipinski definition) is 1. The molecule has 0 fully saturated rings. The number of carbonyl (C=O) groups is 2. The summed E-state index contributed by atoms with van der Waals surface area (Å²) in [5.74, 6) is -8.26. The number of carboxylic acids is 1. The Morgan fingerprint density at radius 2 is 1.92 bits per heavy atom. The minimum absolute atomic E-state index is 0.0737. The van der Waals surface area contributed by atoms with E-state index >= 15 is 0 Å². The molecule has 0 radical (unpaired) electrons. The van der Waals surface area contributed by atoms with Gasteiger partial charge in [0.1, 0.15) is 0 Å². The average Bonchev–Trinajstić information content (AvgIpc) is 3.01. The highest BCUT2D eigenvalue weighted by molar-refractivity contribution is 14.1. The molecule has 0 saturated heterocycles. The third kappa shape index (κ3) is 4.17. The molecular weight excluding hydrogens is 667 g/mol.